The van der Waals surface area contributed by atoms with E-state index >= 15 is 0 Å². The highest BCUT2D eigenvalue weighted by Gasteiger charge is 2.05. The number of hydrogen-bond acceptors (Lipinski definition) is 3. The van der Waals surface area contributed by atoms with Crippen LogP contribution in [0.2, 0.25) is 0 Å². The number of nitro benzene ring substituents is 1. The smallest absolute Gasteiger partial charge is 0.269 e. The first-order valence-corrected chi connectivity index (χ1v) is 6.34. The highest BCUT2D eigenvalue weighted by molar-refractivity contribution is 5.34. The van der Waals surface area contributed by atoms with Crippen molar-refractivity contribution in [1.82, 2.24) is 5.32 Å². The Morgan fingerprint density at radius 3 is 2.70 bits per heavy atom. The summed E-state index contributed by atoms with van der Waals surface area (Å²) in [7, 11) is 0. The van der Waals surface area contributed by atoms with Gasteiger partial charge in [0.05, 0.1) is 4.92 Å². The Hall–Kier alpha value is -2.27. The Morgan fingerprint density at radius 1 is 1.15 bits per heavy atom. The first-order valence-electron chi connectivity index (χ1n) is 6.34. The molecule has 5 heteroatoms. The minimum Gasteiger partial charge on any atom is -0.312 e. The van der Waals surface area contributed by atoms with Crippen molar-refractivity contribution in [2.24, 2.45) is 0 Å². The zero-order valence-corrected chi connectivity index (χ0v) is 10.9. The standard InChI is InChI=1S/C15H15FN2O2/c16-15-7-2-1-5-13(15)8-9-17-11-12-4-3-6-14(10-12)18(19)20/h1-7,10,17H,8-9,11H2. The second kappa shape index (κ2) is 6.77. The van der Waals surface area contributed by atoms with E-state index in [0.717, 1.165) is 5.56 Å². The first kappa shape index (κ1) is 14.1. The largest absolute Gasteiger partial charge is 0.312 e. The SMILES string of the molecule is O=[N+]([O-])c1cccc(CNCCc2ccccc2F)c1. The Bertz CT molecular complexity index is 602. The summed E-state index contributed by atoms with van der Waals surface area (Å²) in [6, 6.07) is 13.1. The van der Waals surface area contributed by atoms with E-state index in [0.29, 0.717) is 25.1 Å². The van der Waals surface area contributed by atoms with E-state index < -0.39 is 4.92 Å². The van der Waals surface area contributed by atoms with Gasteiger partial charge in [0.2, 0.25) is 0 Å². The van der Waals surface area contributed by atoms with Crippen LogP contribution in [0.5, 0.6) is 0 Å². The molecule has 0 aromatic heterocycles. The summed E-state index contributed by atoms with van der Waals surface area (Å²) in [5.41, 5.74) is 1.59. The van der Waals surface area contributed by atoms with Gasteiger partial charge < -0.3 is 5.32 Å². The number of nitrogens with one attached hydrogen (secondary N) is 1. The third-order valence-electron chi connectivity index (χ3n) is 2.98. The van der Waals surface area contributed by atoms with Gasteiger partial charge in [0.15, 0.2) is 0 Å². The molecule has 104 valence electrons. The third kappa shape index (κ3) is 3.86. The zero-order valence-electron chi connectivity index (χ0n) is 10.9. The Labute approximate surface area is 116 Å². The number of benzene rings is 2. The normalized spacial score (nSPS) is 10.4. The van der Waals surface area contributed by atoms with Crippen LogP contribution in [0.3, 0.4) is 0 Å². The van der Waals surface area contributed by atoms with Crippen molar-refractivity contribution in [1.29, 1.82) is 0 Å². The summed E-state index contributed by atoms with van der Waals surface area (Å²) < 4.78 is 13.4. The van der Waals surface area contributed by atoms with Gasteiger partial charge in [-0.3, -0.25) is 10.1 Å². The van der Waals surface area contributed by atoms with Crippen molar-refractivity contribution in [3.63, 3.8) is 0 Å². The van der Waals surface area contributed by atoms with Gasteiger partial charge in [0.25, 0.3) is 5.69 Å². The first-order chi connectivity index (χ1) is 9.66. The van der Waals surface area contributed by atoms with Gasteiger partial charge in [-0.1, -0.05) is 30.3 Å². The molecule has 0 fully saturated rings. The van der Waals surface area contributed by atoms with Gasteiger partial charge in [0.1, 0.15) is 5.82 Å². The molecule has 1 N–H and O–H groups in total. The van der Waals surface area contributed by atoms with E-state index in [4.69, 9.17) is 0 Å². The van der Waals surface area contributed by atoms with Crippen molar-refractivity contribution < 1.29 is 9.31 Å². The average Bonchev–Trinajstić information content (AvgIpc) is 2.45. The maximum atomic E-state index is 13.4. The molecule has 20 heavy (non-hydrogen) atoms. The average molecular weight is 274 g/mol. The minimum atomic E-state index is -0.414. The topological polar surface area (TPSA) is 55.2 Å². The lowest BCUT2D eigenvalue weighted by Gasteiger charge is -2.06. The summed E-state index contributed by atoms with van der Waals surface area (Å²) in [5.74, 6) is -0.204. The van der Waals surface area contributed by atoms with Crippen LogP contribution in [0.4, 0.5) is 10.1 Å². The van der Waals surface area contributed by atoms with E-state index in [1.807, 2.05) is 6.07 Å². The van der Waals surface area contributed by atoms with Crippen LogP contribution in [0.25, 0.3) is 0 Å². The summed E-state index contributed by atoms with van der Waals surface area (Å²) in [4.78, 5) is 10.2. The summed E-state index contributed by atoms with van der Waals surface area (Å²) >= 11 is 0. The molecule has 0 amide bonds. The van der Waals surface area contributed by atoms with Crippen LogP contribution < -0.4 is 5.32 Å². The second-order valence-corrected chi connectivity index (χ2v) is 4.45. The molecule has 0 unspecified atom stereocenters. The molecule has 0 saturated heterocycles. The zero-order chi connectivity index (χ0) is 14.4. The maximum Gasteiger partial charge on any atom is 0.269 e. The molecule has 2 aromatic rings. The molecular weight excluding hydrogens is 259 g/mol. The van der Waals surface area contributed by atoms with Crippen LogP contribution in [-0.4, -0.2) is 11.5 Å². The highest BCUT2D eigenvalue weighted by Crippen LogP contribution is 2.13. The predicted molar refractivity (Wildman–Crippen MR) is 74.9 cm³/mol. The number of nitrogens with zero attached hydrogens (tertiary/aromatic N) is 1. The molecule has 4 nitrogen and oxygen atoms in total. The molecule has 0 radical (unpaired) electrons. The molecule has 0 bridgehead atoms. The number of non-ortho nitro benzene ring substituents is 1. The van der Waals surface area contributed by atoms with Crippen LogP contribution in [0.1, 0.15) is 11.1 Å². The van der Waals surface area contributed by atoms with Crippen LogP contribution in [0.15, 0.2) is 48.5 Å². The van der Waals surface area contributed by atoms with Crippen LogP contribution in [-0.2, 0) is 13.0 Å². The van der Waals surface area contributed by atoms with Gasteiger partial charge in [-0.25, -0.2) is 4.39 Å². The van der Waals surface area contributed by atoms with E-state index in [1.54, 1.807) is 24.3 Å². The van der Waals surface area contributed by atoms with Gasteiger partial charge >= 0.3 is 0 Å². The Morgan fingerprint density at radius 2 is 1.95 bits per heavy atom. The molecule has 0 aliphatic heterocycles. The summed E-state index contributed by atoms with van der Waals surface area (Å²) in [5, 5.41) is 13.8. The van der Waals surface area contributed by atoms with Gasteiger partial charge in [-0.05, 0) is 30.2 Å². The van der Waals surface area contributed by atoms with E-state index in [-0.39, 0.29) is 11.5 Å². The van der Waals surface area contributed by atoms with Crippen molar-refractivity contribution >= 4 is 5.69 Å². The predicted octanol–water partition coefficient (Wildman–Crippen LogP) is 3.07. The number of halogens is 1. The molecule has 0 spiro atoms. The number of hydrogen-bond donors (Lipinski definition) is 1. The van der Waals surface area contributed by atoms with Gasteiger partial charge in [-0.15, -0.1) is 0 Å². The van der Waals surface area contributed by atoms with E-state index in [2.05, 4.69) is 5.32 Å². The molecule has 0 saturated carbocycles. The fraction of sp³-hybridized carbons (Fsp3) is 0.200. The summed E-state index contributed by atoms with van der Waals surface area (Å²) in [6.45, 7) is 1.14. The lowest BCUT2D eigenvalue weighted by Crippen LogP contribution is -2.17. The lowest BCUT2D eigenvalue weighted by molar-refractivity contribution is -0.384. The molecular formula is C15H15FN2O2. The Balaban J connectivity index is 1.83. The van der Waals surface area contributed by atoms with Crippen molar-refractivity contribution in [3.05, 3.63) is 75.6 Å². The quantitative estimate of drug-likeness (QED) is 0.500. The van der Waals surface area contributed by atoms with Crippen LogP contribution in [0, 0.1) is 15.9 Å². The van der Waals surface area contributed by atoms with Gasteiger partial charge in [-0.2, -0.15) is 0 Å². The van der Waals surface area contributed by atoms with Crippen LogP contribution >= 0.6 is 0 Å². The number of rotatable bonds is 6. The fourth-order valence-corrected chi connectivity index (χ4v) is 1.94. The summed E-state index contributed by atoms with van der Waals surface area (Å²) in [6.07, 6.45) is 0.585. The Kier molecular flexibility index (Phi) is 4.79. The third-order valence-corrected chi connectivity index (χ3v) is 2.98. The van der Waals surface area contributed by atoms with E-state index in [9.17, 15) is 14.5 Å². The lowest BCUT2D eigenvalue weighted by atomic mass is 10.1. The molecule has 2 aromatic carbocycles. The van der Waals surface area contributed by atoms with Crippen molar-refractivity contribution in [3.8, 4) is 0 Å². The maximum absolute atomic E-state index is 13.4. The molecule has 2 rings (SSSR count). The molecule has 0 heterocycles. The van der Waals surface area contributed by atoms with Gasteiger partial charge in [0, 0.05) is 18.7 Å². The monoisotopic (exact) mass is 274 g/mol. The number of nitro groups is 1. The minimum absolute atomic E-state index is 0.0819. The fourth-order valence-electron chi connectivity index (χ4n) is 1.94. The van der Waals surface area contributed by atoms with Crippen molar-refractivity contribution in [2.75, 3.05) is 6.54 Å². The molecule has 0 aliphatic carbocycles. The second-order valence-electron chi connectivity index (χ2n) is 4.45. The molecule has 0 atom stereocenters. The highest BCUT2D eigenvalue weighted by atomic mass is 19.1. The van der Waals surface area contributed by atoms with Crippen molar-refractivity contribution in [2.45, 2.75) is 13.0 Å². The molecule has 0 aliphatic rings. The van der Waals surface area contributed by atoms with E-state index in [1.165, 1.54) is 18.2 Å².